The Morgan fingerprint density at radius 3 is 2.29 bits per heavy atom. The lowest BCUT2D eigenvalue weighted by molar-refractivity contribution is -0.148. The molecule has 0 N–H and O–H groups in total. The van der Waals surface area contributed by atoms with E-state index in [0.717, 1.165) is 0 Å². The first-order valence-electron chi connectivity index (χ1n) is 5.82. The van der Waals surface area contributed by atoms with Gasteiger partial charge in [-0.15, -0.1) is 0 Å². The van der Waals surface area contributed by atoms with E-state index >= 15 is 0 Å². The fraction of sp³-hybridized carbons (Fsp3) is 0.429. The Kier molecular flexibility index (Phi) is 4.88. The van der Waals surface area contributed by atoms with Crippen LogP contribution in [0.2, 0.25) is 0 Å². The van der Waals surface area contributed by atoms with Crippen LogP contribution in [0.5, 0.6) is 0 Å². The Morgan fingerprint density at radius 2 is 1.82 bits per heavy atom. The van der Waals surface area contributed by atoms with E-state index in [0.29, 0.717) is 12.0 Å². The molecule has 0 heterocycles. The molecule has 92 valence electrons. The van der Waals surface area contributed by atoms with Crippen LogP contribution in [-0.4, -0.2) is 17.9 Å². The third kappa shape index (κ3) is 3.70. The fourth-order valence-electron chi connectivity index (χ4n) is 1.79. The number of esters is 1. The van der Waals surface area contributed by atoms with Gasteiger partial charge in [0.2, 0.25) is 0 Å². The molecule has 17 heavy (non-hydrogen) atoms. The number of ether oxygens (including phenoxy) is 1. The Labute approximate surface area is 102 Å². The number of hydrogen-bond acceptors (Lipinski definition) is 3. The van der Waals surface area contributed by atoms with Gasteiger partial charge in [0.15, 0.2) is 5.78 Å². The van der Waals surface area contributed by atoms with Gasteiger partial charge in [-0.25, -0.2) is 0 Å². The monoisotopic (exact) mass is 234 g/mol. The average Bonchev–Trinajstić information content (AvgIpc) is 2.35. The van der Waals surface area contributed by atoms with Gasteiger partial charge < -0.3 is 4.74 Å². The molecular weight excluding hydrogens is 216 g/mol. The van der Waals surface area contributed by atoms with Gasteiger partial charge in [-0.3, -0.25) is 9.59 Å². The van der Waals surface area contributed by atoms with Crippen molar-refractivity contribution in [1.82, 2.24) is 0 Å². The third-order valence-corrected chi connectivity index (χ3v) is 2.75. The molecule has 0 aromatic heterocycles. The number of Topliss-reactive ketones (excluding diaryl/α,β-unsaturated/α-hetero) is 1. The summed E-state index contributed by atoms with van der Waals surface area (Å²) >= 11 is 0. The first-order valence-corrected chi connectivity index (χ1v) is 5.82. The van der Waals surface area contributed by atoms with Crippen molar-refractivity contribution in [3.05, 3.63) is 35.9 Å². The van der Waals surface area contributed by atoms with Gasteiger partial charge in [0, 0.05) is 12.5 Å². The van der Waals surface area contributed by atoms with Gasteiger partial charge >= 0.3 is 5.97 Å². The van der Waals surface area contributed by atoms with Crippen molar-refractivity contribution in [2.45, 2.75) is 33.3 Å². The number of hydrogen-bond donors (Lipinski definition) is 0. The predicted octanol–water partition coefficient (Wildman–Crippen LogP) is 2.85. The largest absolute Gasteiger partial charge is 0.462 e. The van der Waals surface area contributed by atoms with Crippen LogP contribution in [-0.2, 0) is 9.53 Å². The highest BCUT2D eigenvalue weighted by atomic mass is 16.5. The summed E-state index contributed by atoms with van der Waals surface area (Å²) in [5.74, 6) is -0.644. The maximum absolute atomic E-state index is 12.1. The van der Waals surface area contributed by atoms with Crippen LogP contribution in [0.3, 0.4) is 0 Å². The molecule has 1 aromatic carbocycles. The minimum absolute atomic E-state index is 0.0127. The van der Waals surface area contributed by atoms with Crippen LogP contribution in [0.4, 0.5) is 0 Å². The molecule has 0 radical (unpaired) electrons. The highest BCUT2D eigenvalue weighted by Gasteiger charge is 2.25. The first kappa shape index (κ1) is 13.4. The molecule has 0 saturated carbocycles. The number of carbonyl (C=O) groups is 2. The summed E-state index contributed by atoms with van der Waals surface area (Å²) in [7, 11) is 0. The van der Waals surface area contributed by atoms with E-state index in [1.54, 1.807) is 19.1 Å². The second-order valence-corrected chi connectivity index (χ2v) is 4.08. The Hall–Kier alpha value is -1.64. The van der Waals surface area contributed by atoms with Gasteiger partial charge in [-0.2, -0.15) is 0 Å². The van der Waals surface area contributed by atoms with E-state index in [9.17, 15) is 9.59 Å². The lowest BCUT2D eigenvalue weighted by Crippen LogP contribution is -2.29. The van der Waals surface area contributed by atoms with Crippen molar-refractivity contribution in [3.8, 4) is 0 Å². The van der Waals surface area contributed by atoms with E-state index in [1.165, 1.54) is 6.92 Å². The van der Waals surface area contributed by atoms with E-state index in [1.807, 2.05) is 25.1 Å². The summed E-state index contributed by atoms with van der Waals surface area (Å²) in [6, 6.07) is 9.07. The van der Waals surface area contributed by atoms with E-state index < -0.39 is 0 Å². The number of carbonyl (C=O) groups excluding carboxylic acids is 2. The van der Waals surface area contributed by atoms with Crippen molar-refractivity contribution >= 4 is 11.8 Å². The summed E-state index contributed by atoms with van der Waals surface area (Å²) in [4.78, 5) is 23.1. The van der Waals surface area contributed by atoms with Gasteiger partial charge in [0.05, 0.1) is 5.92 Å². The third-order valence-electron chi connectivity index (χ3n) is 2.75. The molecule has 0 spiro atoms. The van der Waals surface area contributed by atoms with Crippen LogP contribution in [0.25, 0.3) is 0 Å². The van der Waals surface area contributed by atoms with E-state index in [4.69, 9.17) is 4.74 Å². The van der Waals surface area contributed by atoms with Crippen molar-refractivity contribution in [2.75, 3.05) is 0 Å². The predicted molar refractivity (Wildman–Crippen MR) is 65.8 cm³/mol. The Morgan fingerprint density at radius 1 is 1.24 bits per heavy atom. The zero-order valence-corrected chi connectivity index (χ0v) is 10.5. The van der Waals surface area contributed by atoms with Crippen molar-refractivity contribution in [1.29, 1.82) is 0 Å². The van der Waals surface area contributed by atoms with Crippen LogP contribution in [0.1, 0.15) is 37.6 Å². The first-order chi connectivity index (χ1) is 8.06. The summed E-state index contributed by atoms with van der Waals surface area (Å²) in [5.41, 5.74) is 0.658. The molecule has 2 unspecified atom stereocenters. The molecule has 2 atom stereocenters. The summed E-state index contributed by atoms with van der Waals surface area (Å²) < 4.78 is 5.14. The van der Waals surface area contributed by atoms with Crippen molar-refractivity contribution in [3.63, 3.8) is 0 Å². The molecule has 0 aliphatic carbocycles. The molecule has 0 bridgehead atoms. The smallest absolute Gasteiger partial charge is 0.302 e. The maximum atomic E-state index is 12.1. The average molecular weight is 234 g/mol. The molecule has 0 amide bonds. The molecule has 3 nitrogen and oxygen atoms in total. The summed E-state index contributed by atoms with van der Waals surface area (Å²) in [6.45, 7) is 5.07. The second-order valence-electron chi connectivity index (χ2n) is 4.08. The van der Waals surface area contributed by atoms with E-state index in [-0.39, 0.29) is 23.8 Å². The van der Waals surface area contributed by atoms with Crippen molar-refractivity contribution < 1.29 is 14.3 Å². The SMILES string of the molecule is CCC(OC(C)=O)C(C)C(=O)c1ccccc1. The zero-order chi connectivity index (χ0) is 12.8. The van der Waals surface area contributed by atoms with E-state index in [2.05, 4.69) is 0 Å². The Balaban J connectivity index is 2.77. The minimum Gasteiger partial charge on any atom is -0.462 e. The van der Waals surface area contributed by atoms with Gasteiger partial charge in [-0.05, 0) is 6.42 Å². The lowest BCUT2D eigenvalue weighted by atomic mass is 9.93. The number of rotatable bonds is 5. The number of ketones is 1. The highest BCUT2D eigenvalue weighted by Crippen LogP contribution is 2.17. The summed E-state index contributed by atoms with van der Waals surface area (Å²) in [6.07, 6.45) is 0.291. The standard InChI is InChI=1S/C14H18O3/c1-4-13(17-11(3)15)10(2)14(16)12-8-6-5-7-9-12/h5-10,13H,4H2,1-3H3. The van der Waals surface area contributed by atoms with Gasteiger partial charge in [0.1, 0.15) is 6.10 Å². The lowest BCUT2D eigenvalue weighted by Gasteiger charge is -2.21. The molecule has 3 heteroatoms. The normalized spacial score (nSPS) is 13.8. The Bertz CT molecular complexity index is 384. The van der Waals surface area contributed by atoms with Gasteiger partial charge in [0.25, 0.3) is 0 Å². The second kappa shape index (κ2) is 6.18. The molecule has 0 aliphatic heterocycles. The van der Waals surface area contributed by atoms with Crippen LogP contribution < -0.4 is 0 Å². The maximum Gasteiger partial charge on any atom is 0.302 e. The quantitative estimate of drug-likeness (QED) is 0.581. The molecule has 0 saturated heterocycles. The highest BCUT2D eigenvalue weighted by molar-refractivity contribution is 5.98. The van der Waals surface area contributed by atoms with Gasteiger partial charge in [-0.1, -0.05) is 44.2 Å². The van der Waals surface area contributed by atoms with Crippen molar-refractivity contribution in [2.24, 2.45) is 5.92 Å². The number of benzene rings is 1. The fourth-order valence-corrected chi connectivity index (χ4v) is 1.79. The minimum atomic E-state index is -0.347. The van der Waals surface area contributed by atoms with Crippen LogP contribution >= 0.6 is 0 Å². The zero-order valence-electron chi connectivity index (χ0n) is 10.5. The van der Waals surface area contributed by atoms with Crippen LogP contribution in [0, 0.1) is 5.92 Å². The van der Waals surface area contributed by atoms with Crippen LogP contribution in [0.15, 0.2) is 30.3 Å². The topological polar surface area (TPSA) is 43.4 Å². The summed E-state index contributed by atoms with van der Waals surface area (Å²) in [5, 5.41) is 0. The molecule has 1 rings (SSSR count). The molecule has 0 aliphatic rings. The molecule has 0 fully saturated rings. The molecular formula is C14H18O3. The molecule has 1 aromatic rings.